The van der Waals surface area contributed by atoms with Crippen molar-refractivity contribution >= 4 is 41.7 Å². The van der Waals surface area contributed by atoms with Gasteiger partial charge in [0.05, 0.1) is 6.54 Å². The Morgan fingerprint density at radius 1 is 1.21 bits per heavy atom. The molecule has 2 amide bonds. The minimum atomic E-state index is -0.195. The van der Waals surface area contributed by atoms with Crippen LogP contribution in [0, 0.1) is 20.8 Å². The van der Waals surface area contributed by atoms with E-state index in [1.165, 1.54) is 5.56 Å². The summed E-state index contributed by atoms with van der Waals surface area (Å²) in [4.78, 5) is 24.0. The van der Waals surface area contributed by atoms with Gasteiger partial charge in [-0.15, -0.1) is 12.4 Å². The molecule has 0 aromatic heterocycles. The van der Waals surface area contributed by atoms with Crippen LogP contribution >= 0.6 is 24.2 Å². The van der Waals surface area contributed by atoms with Crippen molar-refractivity contribution < 1.29 is 9.59 Å². The Morgan fingerprint density at radius 2 is 1.88 bits per heavy atom. The molecule has 0 radical (unpaired) electrons. The quantitative estimate of drug-likeness (QED) is 0.742. The molecule has 1 aliphatic rings. The lowest BCUT2D eigenvalue weighted by Gasteiger charge is -2.22. The van der Waals surface area contributed by atoms with Crippen LogP contribution < -0.4 is 16.0 Å². The monoisotopic (exact) mass is 371 g/mol. The first kappa shape index (κ1) is 20.8. The Morgan fingerprint density at radius 3 is 2.46 bits per heavy atom. The second-order valence-corrected chi connectivity index (χ2v) is 7.18. The number of amides is 2. The molecule has 24 heavy (non-hydrogen) atoms. The molecule has 0 spiro atoms. The molecule has 7 heteroatoms. The molecule has 5 nitrogen and oxygen atoms in total. The van der Waals surface area contributed by atoms with Crippen LogP contribution in [0.25, 0.3) is 0 Å². The van der Waals surface area contributed by atoms with E-state index in [0.717, 1.165) is 34.9 Å². The zero-order chi connectivity index (χ0) is 16.8. The lowest BCUT2D eigenvalue weighted by atomic mass is 10.1. The fourth-order valence-corrected chi connectivity index (χ4v) is 3.74. The van der Waals surface area contributed by atoms with Gasteiger partial charge in [-0.2, -0.15) is 11.8 Å². The first-order chi connectivity index (χ1) is 11.0. The van der Waals surface area contributed by atoms with Crippen LogP contribution in [0.5, 0.6) is 0 Å². The summed E-state index contributed by atoms with van der Waals surface area (Å²) in [6.07, 6.45) is 0.420. The summed E-state index contributed by atoms with van der Waals surface area (Å²) in [7, 11) is 0. The third-order valence-corrected chi connectivity index (χ3v) is 4.95. The van der Waals surface area contributed by atoms with Crippen molar-refractivity contribution in [3.63, 3.8) is 0 Å². The molecule has 1 unspecified atom stereocenters. The summed E-state index contributed by atoms with van der Waals surface area (Å²) >= 11 is 1.85. The molecular formula is C17H26ClN3O2S. The van der Waals surface area contributed by atoms with Gasteiger partial charge in [-0.1, -0.05) is 17.7 Å². The SMILES string of the molecule is Cc1cc(C)c(NC(=O)CNC(=O)CC2CSCCN2)c(C)c1.Cl. The zero-order valence-corrected chi connectivity index (χ0v) is 16.0. The van der Waals surface area contributed by atoms with E-state index in [1.54, 1.807) is 0 Å². The van der Waals surface area contributed by atoms with E-state index >= 15 is 0 Å². The molecule has 0 saturated carbocycles. The van der Waals surface area contributed by atoms with E-state index in [-0.39, 0.29) is 36.8 Å². The number of hydrogen-bond acceptors (Lipinski definition) is 4. The zero-order valence-electron chi connectivity index (χ0n) is 14.4. The van der Waals surface area contributed by atoms with Gasteiger partial charge in [0, 0.05) is 36.2 Å². The summed E-state index contributed by atoms with van der Waals surface area (Å²) in [6, 6.07) is 4.28. The van der Waals surface area contributed by atoms with Crippen LogP contribution in [-0.4, -0.2) is 42.5 Å². The summed E-state index contributed by atoms with van der Waals surface area (Å²) in [5.41, 5.74) is 4.07. The third kappa shape index (κ3) is 6.34. The first-order valence-corrected chi connectivity index (χ1v) is 9.06. The number of rotatable bonds is 5. The lowest BCUT2D eigenvalue weighted by Crippen LogP contribution is -2.42. The highest BCUT2D eigenvalue weighted by Gasteiger charge is 2.17. The Kier molecular flexibility index (Phi) is 8.59. The average molecular weight is 372 g/mol. The minimum Gasteiger partial charge on any atom is -0.347 e. The number of carbonyl (C=O) groups is 2. The summed E-state index contributed by atoms with van der Waals surface area (Å²) in [5.74, 6) is 1.76. The predicted octanol–water partition coefficient (Wildman–Crippen LogP) is 2.18. The van der Waals surface area contributed by atoms with Crippen molar-refractivity contribution in [2.45, 2.75) is 33.2 Å². The number of halogens is 1. The van der Waals surface area contributed by atoms with Gasteiger partial charge in [0.15, 0.2) is 0 Å². The Labute approximate surface area is 154 Å². The predicted molar refractivity (Wildman–Crippen MR) is 103 cm³/mol. The summed E-state index contributed by atoms with van der Waals surface area (Å²) < 4.78 is 0. The Hall–Kier alpha value is -1.24. The van der Waals surface area contributed by atoms with Gasteiger partial charge in [0.1, 0.15) is 0 Å². The average Bonchev–Trinajstić information content (AvgIpc) is 2.50. The van der Waals surface area contributed by atoms with Crippen molar-refractivity contribution in [3.8, 4) is 0 Å². The maximum Gasteiger partial charge on any atom is 0.243 e. The van der Waals surface area contributed by atoms with Crippen LogP contribution in [0.2, 0.25) is 0 Å². The molecule has 1 heterocycles. The first-order valence-electron chi connectivity index (χ1n) is 7.91. The van der Waals surface area contributed by atoms with Gasteiger partial charge in [-0.3, -0.25) is 9.59 Å². The van der Waals surface area contributed by atoms with E-state index in [9.17, 15) is 9.59 Å². The molecule has 1 saturated heterocycles. The number of hydrogen-bond donors (Lipinski definition) is 3. The van der Waals surface area contributed by atoms with Crippen LogP contribution in [0.4, 0.5) is 5.69 Å². The van der Waals surface area contributed by atoms with Crippen molar-refractivity contribution in [1.82, 2.24) is 10.6 Å². The molecule has 1 fully saturated rings. The fraction of sp³-hybridized carbons (Fsp3) is 0.529. The maximum atomic E-state index is 12.1. The maximum absolute atomic E-state index is 12.1. The van der Waals surface area contributed by atoms with Gasteiger partial charge >= 0.3 is 0 Å². The lowest BCUT2D eigenvalue weighted by molar-refractivity contribution is -0.124. The van der Waals surface area contributed by atoms with Crippen molar-refractivity contribution in [2.24, 2.45) is 0 Å². The summed E-state index contributed by atoms with van der Waals surface area (Å²) in [6.45, 7) is 6.92. The number of carbonyl (C=O) groups excluding carboxylic acids is 2. The van der Waals surface area contributed by atoms with E-state index in [2.05, 4.69) is 16.0 Å². The molecule has 1 aromatic carbocycles. The smallest absolute Gasteiger partial charge is 0.243 e. The number of nitrogens with one attached hydrogen (secondary N) is 3. The van der Waals surface area contributed by atoms with Crippen molar-refractivity contribution in [2.75, 3.05) is 29.9 Å². The van der Waals surface area contributed by atoms with Gasteiger partial charge in [0.25, 0.3) is 0 Å². The van der Waals surface area contributed by atoms with Gasteiger partial charge in [-0.25, -0.2) is 0 Å². The standard InChI is InChI=1S/C17H25N3O2S.ClH/c1-11-6-12(2)17(13(3)7-11)20-16(22)9-19-15(21)8-14-10-23-5-4-18-14;/h6-7,14,18H,4-5,8-10H2,1-3H3,(H,19,21)(H,20,22);1H. The number of aryl methyl sites for hydroxylation is 3. The van der Waals surface area contributed by atoms with E-state index in [1.807, 2.05) is 44.7 Å². The van der Waals surface area contributed by atoms with E-state index < -0.39 is 0 Å². The molecule has 1 aromatic rings. The third-order valence-electron chi connectivity index (χ3n) is 3.82. The van der Waals surface area contributed by atoms with Crippen LogP contribution in [0.3, 0.4) is 0 Å². The van der Waals surface area contributed by atoms with E-state index in [0.29, 0.717) is 6.42 Å². The minimum absolute atomic E-state index is 0. The fourth-order valence-electron chi connectivity index (χ4n) is 2.79. The van der Waals surface area contributed by atoms with Crippen molar-refractivity contribution in [3.05, 3.63) is 28.8 Å². The Balaban J connectivity index is 0.00000288. The number of anilines is 1. The molecule has 3 N–H and O–H groups in total. The van der Waals surface area contributed by atoms with Gasteiger partial charge in [-0.05, 0) is 31.9 Å². The highest BCUT2D eigenvalue weighted by molar-refractivity contribution is 7.99. The molecule has 2 rings (SSSR count). The summed E-state index contributed by atoms with van der Waals surface area (Å²) in [5, 5.41) is 8.91. The molecule has 0 aliphatic carbocycles. The molecular weight excluding hydrogens is 346 g/mol. The van der Waals surface area contributed by atoms with Crippen molar-refractivity contribution in [1.29, 1.82) is 0 Å². The number of benzene rings is 1. The second-order valence-electron chi connectivity index (χ2n) is 6.03. The van der Waals surface area contributed by atoms with E-state index in [4.69, 9.17) is 0 Å². The van der Waals surface area contributed by atoms with Crippen LogP contribution in [0.15, 0.2) is 12.1 Å². The van der Waals surface area contributed by atoms with Gasteiger partial charge in [0.2, 0.25) is 11.8 Å². The van der Waals surface area contributed by atoms with Crippen LogP contribution in [0.1, 0.15) is 23.1 Å². The largest absolute Gasteiger partial charge is 0.347 e. The number of thioether (sulfide) groups is 1. The Bertz CT molecular complexity index is 566. The highest BCUT2D eigenvalue weighted by atomic mass is 35.5. The molecule has 0 bridgehead atoms. The molecule has 1 atom stereocenters. The topological polar surface area (TPSA) is 70.2 Å². The van der Waals surface area contributed by atoms with Crippen LogP contribution in [-0.2, 0) is 9.59 Å². The molecule has 1 aliphatic heterocycles. The molecule has 134 valence electrons. The normalized spacial score (nSPS) is 16.9. The van der Waals surface area contributed by atoms with Gasteiger partial charge < -0.3 is 16.0 Å². The highest BCUT2D eigenvalue weighted by Crippen LogP contribution is 2.21. The second kappa shape index (κ2) is 9.91.